The summed E-state index contributed by atoms with van der Waals surface area (Å²) in [6.45, 7) is 7.92. The number of methoxy groups -OCH3 is 1. The fourth-order valence-corrected chi connectivity index (χ4v) is 3.67. The van der Waals surface area contributed by atoms with Gasteiger partial charge in [-0.1, -0.05) is 49.1 Å². The Labute approximate surface area is 136 Å². The summed E-state index contributed by atoms with van der Waals surface area (Å²) in [7, 11) is 0.476. The Hall–Kier alpha value is -1.26. The lowest BCUT2D eigenvalue weighted by molar-refractivity contribution is 0.412. The zero-order valence-electron chi connectivity index (χ0n) is 13.0. The van der Waals surface area contributed by atoms with E-state index in [1.54, 1.807) is 7.11 Å². The van der Waals surface area contributed by atoms with Crippen molar-refractivity contribution >= 4 is 34.9 Å². The number of rotatable bonds is 5. The van der Waals surface area contributed by atoms with Crippen molar-refractivity contribution in [1.29, 1.82) is 0 Å². The van der Waals surface area contributed by atoms with Crippen molar-refractivity contribution in [3.05, 3.63) is 52.5 Å². The summed E-state index contributed by atoms with van der Waals surface area (Å²) in [5, 5.41) is 4.93. The number of benzene rings is 2. The Morgan fingerprint density at radius 2 is 1.71 bits per heavy atom. The standard InChI is InChI=1S/C17H22BrNOSi/c1-20-17-11-14(7-10-16(17)18)19-12-13-5-8-15(9-6-13)21(2,3)4/h5-11,19H,12H2,1-4H3. The van der Waals surface area contributed by atoms with Crippen molar-refractivity contribution in [3.63, 3.8) is 0 Å². The van der Waals surface area contributed by atoms with Crippen LogP contribution in [0, 0.1) is 0 Å². The minimum Gasteiger partial charge on any atom is -0.495 e. The SMILES string of the molecule is COc1cc(NCc2ccc([Si](C)(C)C)cc2)ccc1Br. The van der Waals surface area contributed by atoms with E-state index in [0.29, 0.717) is 0 Å². The summed E-state index contributed by atoms with van der Waals surface area (Å²) in [6.07, 6.45) is 0. The third-order valence-electron chi connectivity index (χ3n) is 3.47. The molecule has 21 heavy (non-hydrogen) atoms. The first-order chi connectivity index (χ1) is 9.90. The van der Waals surface area contributed by atoms with Gasteiger partial charge < -0.3 is 10.1 Å². The number of hydrogen-bond acceptors (Lipinski definition) is 2. The van der Waals surface area contributed by atoms with Crippen LogP contribution in [0.1, 0.15) is 5.56 Å². The number of hydrogen-bond donors (Lipinski definition) is 1. The molecule has 0 bridgehead atoms. The van der Waals surface area contributed by atoms with Crippen LogP contribution in [0.15, 0.2) is 46.9 Å². The van der Waals surface area contributed by atoms with Gasteiger partial charge in [0, 0.05) is 18.3 Å². The Morgan fingerprint density at radius 3 is 2.29 bits per heavy atom. The molecule has 2 aromatic rings. The highest BCUT2D eigenvalue weighted by atomic mass is 79.9. The van der Waals surface area contributed by atoms with E-state index in [2.05, 4.69) is 65.2 Å². The lowest BCUT2D eigenvalue weighted by atomic mass is 10.2. The van der Waals surface area contributed by atoms with Gasteiger partial charge in [0.15, 0.2) is 0 Å². The third kappa shape index (κ3) is 4.35. The fourth-order valence-electron chi connectivity index (χ4n) is 2.10. The smallest absolute Gasteiger partial charge is 0.135 e. The molecule has 0 amide bonds. The molecule has 0 heterocycles. The summed E-state index contributed by atoms with van der Waals surface area (Å²) < 4.78 is 6.28. The quantitative estimate of drug-likeness (QED) is 0.782. The molecule has 0 aliphatic heterocycles. The maximum Gasteiger partial charge on any atom is 0.135 e. The highest BCUT2D eigenvalue weighted by Gasteiger charge is 2.15. The molecule has 1 N–H and O–H groups in total. The van der Waals surface area contributed by atoms with Crippen molar-refractivity contribution in [2.45, 2.75) is 26.2 Å². The van der Waals surface area contributed by atoms with Gasteiger partial charge in [-0.15, -0.1) is 0 Å². The molecule has 112 valence electrons. The second kappa shape index (κ2) is 6.67. The average molecular weight is 364 g/mol. The molecular formula is C17H22BrNOSi. The lowest BCUT2D eigenvalue weighted by Crippen LogP contribution is -2.37. The predicted molar refractivity (Wildman–Crippen MR) is 97.4 cm³/mol. The number of halogens is 1. The van der Waals surface area contributed by atoms with Crippen LogP contribution in [-0.2, 0) is 6.54 Å². The average Bonchev–Trinajstić information content (AvgIpc) is 2.46. The van der Waals surface area contributed by atoms with Crippen LogP contribution in [0.25, 0.3) is 0 Å². The number of nitrogens with one attached hydrogen (secondary N) is 1. The normalized spacial score (nSPS) is 11.3. The Bertz CT molecular complexity index is 605. The van der Waals surface area contributed by atoms with E-state index in [9.17, 15) is 0 Å². The van der Waals surface area contributed by atoms with Crippen LogP contribution in [0.4, 0.5) is 5.69 Å². The third-order valence-corrected chi connectivity index (χ3v) is 6.19. The van der Waals surface area contributed by atoms with Gasteiger partial charge in [0.05, 0.1) is 19.7 Å². The highest BCUT2D eigenvalue weighted by molar-refractivity contribution is 9.10. The van der Waals surface area contributed by atoms with E-state index in [1.165, 1.54) is 10.8 Å². The van der Waals surface area contributed by atoms with Crippen LogP contribution in [-0.4, -0.2) is 15.2 Å². The van der Waals surface area contributed by atoms with E-state index in [0.717, 1.165) is 22.5 Å². The Balaban J connectivity index is 2.03. The second-order valence-corrected chi connectivity index (χ2v) is 12.1. The minimum atomic E-state index is -1.20. The Kier molecular flexibility index (Phi) is 5.11. The zero-order valence-corrected chi connectivity index (χ0v) is 15.6. The molecule has 4 heteroatoms. The minimum absolute atomic E-state index is 0.816. The summed E-state index contributed by atoms with van der Waals surface area (Å²) >= 11 is 3.46. The van der Waals surface area contributed by atoms with Crippen molar-refractivity contribution in [3.8, 4) is 5.75 Å². The maximum atomic E-state index is 5.31. The predicted octanol–water partition coefficient (Wildman–Crippen LogP) is 4.62. The summed E-state index contributed by atoms with van der Waals surface area (Å²) in [6, 6.07) is 15.0. The molecule has 0 spiro atoms. The molecule has 0 aliphatic rings. The van der Waals surface area contributed by atoms with Crippen LogP contribution < -0.4 is 15.2 Å². The van der Waals surface area contributed by atoms with Crippen molar-refractivity contribution < 1.29 is 4.74 Å². The summed E-state index contributed by atoms with van der Waals surface area (Å²) in [5.41, 5.74) is 2.35. The van der Waals surface area contributed by atoms with Gasteiger partial charge in [-0.3, -0.25) is 0 Å². The van der Waals surface area contributed by atoms with Gasteiger partial charge >= 0.3 is 0 Å². The first-order valence-electron chi connectivity index (χ1n) is 7.07. The van der Waals surface area contributed by atoms with E-state index in [4.69, 9.17) is 4.74 Å². The fraction of sp³-hybridized carbons (Fsp3) is 0.294. The molecule has 0 saturated carbocycles. The van der Waals surface area contributed by atoms with Gasteiger partial charge in [-0.2, -0.15) is 0 Å². The molecular weight excluding hydrogens is 342 g/mol. The first kappa shape index (κ1) is 16.1. The highest BCUT2D eigenvalue weighted by Crippen LogP contribution is 2.28. The van der Waals surface area contributed by atoms with Crippen LogP contribution >= 0.6 is 15.9 Å². The Morgan fingerprint density at radius 1 is 1.05 bits per heavy atom. The summed E-state index contributed by atoms with van der Waals surface area (Å²) in [4.78, 5) is 0. The van der Waals surface area contributed by atoms with Gasteiger partial charge in [0.25, 0.3) is 0 Å². The topological polar surface area (TPSA) is 21.3 Å². The van der Waals surface area contributed by atoms with E-state index < -0.39 is 8.07 Å². The van der Waals surface area contributed by atoms with E-state index >= 15 is 0 Å². The van der Waals surface area contributed by atoms with Crippen LogP contribution in [0.3, 0.4) is 0 Å². The monoisotopic (exact) mass is 363 g/mol. The molecule has 0 radical (unpaired) electrons. The van der Waals surface area contributed by atoms with Gasteiger partial charge in [0.1, 0.15) is 5.75 Å². The lowest BCUT2D eigenvalue weighted by Gasteiger charge is -2.17. The molecule has 2 nitrogen and oxygen atoms in total. The van der Waals surface area contributed by atoms with Crippen molar-refractivity contribution in [2.24, 2.45) is 0 Å². The van der Waals surface area contributed by atoms with Crippen LogP contribution in [0.2, 0.25) is 19.6 Å². The molecule has 0 fully saturated rings. The van der Waals surface area contributed by atoms with Crippen molar-refractivity contribution in [2.75, 3.05) is 12.4 Å². The second-order valence-electron chi connectivity index (χ2n) is 6.15. The van der Waals surface area contributed by atoms with Crippen LogP contribution in [0.5, 0.6) is 5.75 Å². The summed E-state index contributed by atoms with van der Waals surface area (Å²) in [5.74, 6) is 0.842. The molecule has 0 aliphatic carbocycles. The molecule has 0 atom stereocenters. The van der Waals surface area contributed by atoms with Gasteiger partial charge in [-0.25, -0.2) is 0 Å². The van der Waals surface area contributed by atoms with E-state index in [1.807, 2.05) is 18.2 Å². The molecule has 0 aromatic heterocycles. The zero-order chi connectivity index (χ0) is 15.5. The maximum absolute atomic E-state index is 5.31. The molecule has 2 rings (SSSR count). The first-order valence-corrected chi connectivity index (χ1v) is 11.4. The van der Waals surface area contributed by atoms with Crippen molar-refractivity contribution in [1.82, 2.24) is 0 Å². The largest absolute Gasteiger partial charge is 0.495 e. The number of ether oxygens (including phenoxy) is 1. The molecule has 0 unspecified atom stereocenters. The number of anilines is 1. The van der Waals surface area contributed by atoms with E-state index in [-0.39, 0.29) is 0 Å². The van der Waals surface area contributed by atoms with Gasteiger partial charge in [-0.05, 0) is 33.6 Å². The molecule has 2 aromatic carbocycles. The molecule has 0 saturated heterocycles. The van der Waals surface area contributed by atoms with Gasteiger partial charge in [0.2, 0.25) is 0 Å².